The van der Waals surface area contributed by atoms with Crippen molar-refractivity contribution in [2.24, 2.45) is 5.92 Å². The van der Waals surface area contributed by atoms with Gasteiger partial charge in [-0.2, -0.15) is 0 Å². The van der Waals surface area contributed by atoms with E-state index < -0.39 is 0 Å². The van der Waals surface area contributed by atoms with Gasteiger partial charge in [-0.15, -0.1) is 6.58 Å². The van der Waals surface area contributed by atoms with Gasteiger partial charge in [0.15, 0.2) is 0 Å². The Hall–Kier alpha value is -1.12. The van der Waals surface area contributed by atoms with Gasteiger partial charge in [0.05, 0.1) is 0 Å². The highest BCUT2D eigenvalue weighted by atomic mass is 15.2. The molecule has 1 saturated heterocycles. The summed E-state index contributed by atoms with van der Waals surface area (Å²) in [5.74, 6) is 0.614. The van der Waals surface area contributed by atoms with E-state index in [0.29, 0.717) is 18.0 Å². The minimum absolute atomic E-state index is 0.156. The lowest BCUT2D eigenvalue weighted by molar-refractivity contribution is 0.0491. The van der Waals surface area contributed by atoms with E-state index in [-0.39, 0.29) is 5.54 Å². The first-order valence-electron chi connectivity index (χ1n) is 8.12. The van der Waals surface area contributed by atoms with E-state index in [1.165, 1.54) is 12.0 Å². The van der Waals surface area contributed by atoms with Gasteiger partial charge in [-0.05, 0) is 45.2 Å². The standard InChI is InChI=1S/C19H30N2/c1-6-12-19(13-16(3)21(5)14-15(19)2)20-17(4)18-10-8-7-9-11-18/h6-11,15-17,20H,1,12-14H2,2-5H3/t15-,16-,17+,19-/m0/s1. The maximum absolute atomic E-state index is 4.00. The molecule has 1 N–H and O–H groups in total. The number of hydrogen-bond donors (Lipinski definition) is 1. The van der Waals surface area contributed by atoms with Crippen LogP contribution in [0.25, 0.3) is 0 Å². The van der Waals surface area contributed by atoms with Crippen LogP contribution in [-0.2, 0) is 0 Å². The molecule has 1 aromatic carbocycles. The van der Waals surface area contributed by atoms with Crippen LogP contribution in [0.4, 0.5) is 0 Å². The molecule has 2 nitrogen and oxygen atoms in total. The molecular weight excluding hydrogens is 256 g/mol. The maximum atomic E-state index is 4.00. The predicted molar refractivity (Wildman–Crippen MR) is 91.4 cm³/mol. The molecule has 0 amide bonds. The average molecular weight is 286 g/mol. The van der Waals surface area contributed by atoms with E-state index in [1.54, 1.807) is 0 Å². The Morgan fingerprint density at radius 2 is 2.05 bits per heavy atom. The molecule has 0 bridgehead atoms. The topological polar surface area (TPSA) is 15.3 Å². The maximum Gasteiger partial charge on any atom is 0.0297 e. The van der Waals surface area contributed by atoms with E-state index in [9.17, 15) is 0 Å². The first kappa shape index (κ1) is 16.3. The molecule has 0 saturated carbocycles. The molecule has 1 fully saturated rings. The van der Waals surface area contributed by atoms with Gasteiger partial charge < -0.3 is 10.2 Å². The van der Waals surface area contributed by atoms with Crippen LogP contribution in [0.3, 0.4) is 0 Å². The predicted octanol–water partition coefficient (Wildman–Crippen LogP) is 4.01. The van der Waals surface area contributed by atoms with Crippen molar-refractivity contribution >= 4 is 0 Å². The Morgan fingerprint density at radius 3 is 2.67 bits per heavy atom. The summed E-state index contributed by atoms with van der Waals surface area (Å²) in [6, 6.07) is 11.7. The number of rotatable bonds is 5. The smallest absolute Gasteiger partial charge is 0.0297 e. The number of likely N-dealkylation sites (tertiary alicyclic amines) is 1. The Kier molecular flexibility index (Phi) is 5.23. The molecule has 1 aliphatic heterocycles. The van der Waals surface area contributed by atoms with E-state index in [2.05, 4.69) is 81.0 Å². The summed E-state index contributed by atoms with van der Waals surface area (Å²) in [4.78, 5) is 2.47. The third-order valence-corrected chi connectivity index (χ3v) is 5.23. The highest BCUT2D eigenvalue weighted by molar-refractivity contribution is 5.19. The quantitative estimate of drug-likeness (QED) is 0.823. The Morgan fingerprint density at radius 1 is 1.38 bits per heavy atom. The molecule has 0 unspecified atom stereocenters. The minimum Gasteiger partial charge on any atom is -0.304 e. The van der Waals surface area contributed by atoms with Crippen LogP contribution in [0.1, 0.15) is 45.2 Å². The number of piperidine rings is 1. The zero-order valence-corrected chi connectivity index (χ0v) is 14.0. The molecule has 2 heteroatoms. The first-order valence-corrected chi connectivity index (χ1v) is 8.12. The van der Waals surface area contributed by atoms with Crippen LogP contribution in [0.15, 0.2) is 43.0 Å². The molecular formula is C19H30N2. The number of nitrogens with one attached hydrogen (secondary N) is 1. The van der Waals surface area contributed by atoms with Crippen LogP contribution >= 0.6 is 0 Å². The van der Waals surface area contributed by atoms with Crippen molar-refractivity contribution in [3.63, 3.8) is 0 Å². The Balaban J connectivity index is 2.20. The summed E-state index contributed by atoms with van der Waals surface area (Å²) in [7, 11) is 2.24. The monoisotopic (exact) mass is 286 g/mol. The molecule has 2 rings (SSSR count). The van der Waals surface area contributed by atoms with Crippen LogP contribution < -0.4 is 5.32 Å². The average Bonchev–Trinajstić information content (AvgIpc) is 2.46. The molecule has 1 aliphatic rings. The highest BCUT2D eigenvalue weighted by Crippen LogP contribution is 2.36. The van der Waals surface area contributed by atoms with Crippen LogP contribution in [0, 0.1) is 5.92 Å². The number of nitrogens with zero attached hydrogens (tertiary/aromatic N) is 1. The zero-order chi connectivity index (χ0) is 15.5. The third kappa shape index (κ3) is 3.56. The highest BCUT2D eigenvalue weighted by Gasteiger charge is 2.42. The van der Waals surface area contributed by atoms with Crippen molar-refractivity contribution in [3.8, 4) is 0 Å². The lowest BCUT2D eigenvalue weighted by Gasteiger charge is -2.50. The second-order valence-corrected chi connectivity index (χ2v) is 6.82. The van der Waals surface area contributed by atoms with Gasteiger partial charge in [-0.3, -0.25) is 0 Å². The fourth-order valence-electron chi connectivity index (χ4n) is 3.73. The van der Waals surface area contributed by atoms with Crippen LogP contribution in [0.2, 0.25) is 0 Å². The second kappa shape index (κ2) is 6.76. The Labute approximate surface area is 130 Å². The van der Waals surface area contributed by atoms with Gasteiger partial charge >= 0.3 is 0 Å². The van der Waals surface area contributed by atoms with Crippen LogP contribution in [-0.4, -0.2) is 30.1 Å². The van der Waals surface area contributed by atoms with Gasteiger partial charge in [0, 0.05) is 24.2 Å². The fourth-order valence-corrected chi connectivity index (χ4v) is 3.73. The van der Waals surface area contributed by atoms with Crippen molar-refractivity contribution in [3.05, 3.63) is 48.6 Å². The molecule has 116 valence electrons. The van der Waals surface area contributed by atoms with E-state index >= 15 is 0 Å². The van der Waals surface area contributed by atoms with Gasteiger partial charge in [-0.25, -0.2) is 0 Å². The molecule has 1 aromatic rings. The number of hydrogen-bond acceptors (Lipinski definition) is 2. The van der Waals surface area contributed by atoms with Gasteiger partial charge in [0.25, 0.3) is 0 Å². The minimum atomic E-state index is 0.156. The van der Waals surface area contributed by atoms with Crippen molar-refractivity contribution < 1.29 is 0 Å². The van der Waals surface area contributed by atoms with Crippen molar-refractivity contribution in [2.75, 3.05) is 13.6 Å². The zero-order valence-electron chi connectivity index (χ0n) is 14.0. The summed E-state index contributed by atoms with van der Waals surface area (Å²) < 4.78 is 0. The molecule has 0 aromatic heterocycles. The largest absolute Gasteiger partial charge is 0.304 e. The number of benzene rings is 1. The van der Waals surface area contributed by atoms with Gasteiger partial charge in [0.1, 0.15) is 0 Å². The van der Waals surface area contributed by atoms with Gasteiger partial charge in [0.2, 0.25) is 0 Å². The lowest BCUT2D eigenvalue weighted by Crippen LogP contribution is -2.60. The molecule has 1 heterocycles. The van der Waals surface area contributed by atoms with Crippen molar-refractivity contribution in [2.45, 2.75) is 51.2 Å². The van der Waals surface area contributed by atoms with Crippen molar-refractivity contribution in [1.82, 2.24) is 10.2 Å². The summed E-state index contributed by atoms with van der Waals surface area (Å²) in [6.07, 6.45) is 4.29. The van der Waals surface area contributed by atoms with E-state index in [4.69, 9.17) is 0 Å². The molecule has 21 heavy (non-hydrogen) atoms. The summed E-state index contributed by atoms with van der Waals surface area (Å²) >= 11 is 0. The summed E-state index contributed by atoms with van der Waals surface area (Å²) in [5.41, 5.74) is 1.52. The van der Waals surface area contributed by atoms with Crippen molar-refractivity contribution in [1.29, 1.82) is 0 Å². The van der Waals surface area contributed by atoms with Gasteiger partial charge in [-0.1, -0.05) is 43.3 Å². The molecule has 0 spiro atoms. The Bertz CT molecular complexity index is 456. The van der Waals surface area contributed by atoms with E-state index in [0.717, 1.165) is 13.0 Å². The molecule has 0 aliphatic carbocycles. The molecule has 4 atom stereocenters. The third-order valence-electron chi connectivity index (χ3n) is 5.23. The van der Waals surface area contributed by atoms with E-state index in [1.807, 2.05) is 0 Å². The fraction of sp³-hybridized carbons (Fsp3) is 0.579. The first-order chi connectivity index (χ1) is 9.98. The lowest BCUT2D eigenvalue weighted by atomic mass is 9.73. The van der Waals surface area contributed by atoms with Crippen LogP contribution in [0.5, 0.6) is 0 Å². The second-order valence-electron chi connectivity index (χ2n) is 6.82. The summed E-state index contributed by atoms with van der Waals surface area (Å²) in [5, 5.41) is 3.95. The summed E-state index contributed by atoms with van der Waals surface area (Å²) in [6.45, 7) is 12.1. The normalized spacial score (nSPS) is 31.8. The SMILES string of the molecule is C=CC[C@]1(N[C@H](C)c2ccccc2)C[C@H](C)N(C)C[C@@H]1C. The molecule has 0 radical (unpaired) electrons.